The number of anilines is 1. The van der Waals surface area contributed by atoms with Crippen LogP contribution in [0.3, 0.4) is 0 Å². The van der Waals surface area contributed by atoms with Gasteiger partial charge < -0.3 is 20.5 Å². The molecular formula is C15H25Cl2N7O. The number of fused-ring (bicyclic) bond motifs is 1. The minimum Gasteiger partial charge on any atom is -0.348 e. The number of piperidine rings is 1. The fraction of sp³-hybridized carbons (Fsp3) is 0.600. The lowest BCUT2D eigenvalue weighted by Gasteiger charge is -2.35. The smallest absolute Gasteiger partial charge is 0.242 e. The van der Waals surface area contributed by atoms with Crippen LogP contribution in [-0.2, 0) is 4.79 Å². The second kappa shape index (κ2) is 9.17. The zero-order valence-electron chi connectivity index (χ0n) is 14.4. The van der Waals surface area contributed by atoms with Crippen molar-refractivity contribution in [2.45, 2.75) is 25.8 Å². The van der Waals surface area contributed by atoms with Gasteiger partial charge in [-0.2, -0.15) is 0 Å². The lowest BCUT2D eigenvalue weighted by atomic mass is 9.92. The lowest BCUT2D eigenvalue weighted by molar-refractivity contribution is -0.131. The van der Waals surface area contributed by atoms with Gasteiger partial charge in [-0.15, -0.1) is 24.8 Å². The van der Waals surface area contributed by atoms with E-state index in [1.807, 2.05) is 23.8 Å². The van der Waals surface area contributed by atoms with Crippen molar-refractivity contribution in [2.75, 3.05) is 31.6 Å². The number of imidazole rings is 1. The van der Waals surface area contributed by atoms with Crippen LogP contribution in [0.1, 0.15) is 19.8 Å². The van der Waals surface area contributed by atoms with Crippen LogP contribution < -0.4 is 10.6 Å². The average Bonchev–Trinajstić information content (AvgIpc) is 3.03. The summed E-state index contributed by atoms with van der Waals surface area (Å²) >= 11 is 0. The summed E-state index contributed by atoms with van der Waals surface area (Å²) in [6, 6.07) is 0.120. The first-order valence-electron chi connectivity index (χ1n) is 7.95. The van der Waals surface area contributed by atoms with Crippen molar-refractivity contribution in [1.29, 1.82) is 0 Å². The molecule has 2 aromatic heterocycles. The number of aromatic nitrogens is 4. The van der Waals surface area contributed by atoms with Crippen molar-refractivity contribution >= 4 is 47.7 Å². The van der Waals surface area contributed by atoms with Crippen molar-refractivity contribution in [3.63, 3.8) is 0 Å². The molecule has 2 unspecified atom stereocenters. The molecule has 1 aliphatic heterocycles. The monoisotopic (exact) mass is 389 g/mol. The molecule has 140 valence electrons. The third-order valence-corrected chi connectivity index (χ3v) is 4.49. The molecule has 0 radical (unpaired) electrons. The normalized spacial score (nSPS) is 18.2. The van der Waals surface area contributed by atoms with E-state index in [9.17, 15) is 4.79 Å². The Hall–Kier alpha value is -1.64. The van der Waals surface area contributed by atoms with Crippen LogP contribution in [0.2, 0.25) is 0 Å². The fourth-order valence-corrected chi connectivity index (χ4v) is 3.09. The second-order valence-corrected chi connectivity index (χ2v) is 6.26. The van der Waals surface area contributed by atoms with Gasteiger partial charge in [0.15, 0.2) is 11.5 Å². The number of H-pyrrole nitrogens is 1. The Bertz CT molecular complexity index is 693. The summed E-state index contributed by atoms with van der Waals surface area (Å²) in [5.74, 6) is 1.17. The molecule has 2 aromatic rings. The molecule has 1 amide bonds. The van der Waals surface area contributed by atoms with Gasteiger partial charge in [0.05, 0.1) is 12.9 Å². The number of rotatable bonds is 4. The molecule has 0 saturated carbocycles. The molecule has 1 aliphatic rings. The Labute approximate surface area is 159 Å². The standard InChI is InChI=1S/C15H23N7O.2ClH/c1-10(16)11-4-3-5-22(6-11)12(23)7-21(2)15-13-14(18-8-17-13)19-9-20-15;;/h8-11H,3-7,16H2,1-2H3,(H,17,18,19,20);2*1H. The third kappa shape index (κ3) is 4.71. The number of carbonyl (C=O) groups excluding carboxylic acids is 1. The zero-order chi connectivity index (χ0) is 16.4. The Kier molecular flexibility index (Phi) is 7.85. The van der Waals surface area contributed by atoms with Gasteiger partial charge in [0, 0.05) is 26.2 Å². The number of nitrogens with one attached hydrogen (secondary N) is 1. The van der Waals surface area contributed by atoms with Crippen LogP contribution in [0.15, 0.2) is 12.7 Å². The summed E-state index contributed by atoms with van der Waals surface area (Å²) in [6.45, 7) is 3.84. The third-order valence-electron chi connectivity index (χ3n) is 4.49. The maximum absolute atomic E-state index is 12.6. The summed E-state index contributed by atoms with van der Waals surface area (Å²) in [5.41, 5.74) is 7.34. The number of hydrogen-bond donors (Lipinski definition) is 2. The number of aromatic amines is 1. The van der Waals surface area contributed by atoms with E-state index in [1.54, 1.807) is 6.33 Å². The Morgan fingerprint density at radius 2 is 2.20 bits per heavy atom. The molecule has 3 rings (SSSR count). The number of halogens is 2. The van der Waals surface area contributed by atoms with E-state index >= 15 is 0 Å². The number of likely N-dealkylation sites (tertiary alicyclic amines) is 1. The van der Waals surface area contributed by atoms with Crippen LogP contribution >= 0.6 is 24.8 Å². The summed E-state index contributed by atoms with van der Waals surface area (Å²) < 4.78 is 0. The van der Waals surface area contributed by atoms with Crippen molar-refractivity contribution in [1.82, 2.24) is 24.8 Å². The first kappa shape index (κ1) is 21.4. The van der Waals surface area contributed by atoms with Crippen LogP contribution in [0.5, 0.6) is 0 Å². The minimum absolute atomic E-state index is 0. The molecule has 1 fully saturated rings. The summed E-state index contributed by atoms with van der Waals surface area (Å²) in [5, 5.41) is 0. The number of nitrogens with zero attached hydrogens (tertiary/aromatic N) is 5. The minimum atomic E-state index is 0. The van der Waals surface area contributed by atoms with Gasteiger partial charge in [-0.25, -0.2) is 15.0 Å². The molecule has 3 N–H and O–H groups in total. The largest absolute Gasteiger partial charge is 0.348 e. The SMILES string of the molecule is CC(N)C1CCCN(C(=O)CN(C)c2ncnc3nc[nH]c23)C1.Cl.Cl. The quantitative estimate of drug-likeness (QED) is 0.814. The van der Waals surface area contributed by atoms with Gasteiger partial charge in [0.1, 0.15) is 11.8 Å². The summed E-state index contributed by atoms with van der Waals surface area (Å²) in [4.78, 5) is 31.9. The van der Waals surface area contributed by atoms with Crippen molar-refractivity contribution in [3.8, 4) is 0 Å². The molecule has 0 bridgehead atoms. The van der Waals surface area contributed by atoms with E-state index < -0.39 is 0 Å². The van der Waals surface area contributed by atoms with Gasteiger partial charge in [-0.3, -0.25) is 4.79 Å². The van der Waals surface area contributed by atoms with Crippen LogP contribution in [0, 0.1) is 5.92 Å². The molecular weight excluding hydrogens is 365 g/mol. The molecule has 3 heterocycles. The number of carbonyl (C=O) groups is 1. The predicted molar refractivity (Wildman–Crippen MR) is 102 cm³/mol. The zero-order valence-corrected chi connectivity index (χ0v) is 16.0. The number of nitrogens with two attached hydrogens (primary N) is 1. The number of amides is 1. The molecule has 0 aliphatic carbocycles. The number of hydrogen-bond acceptors (Lipinski definition) is 6. The lowest BCUT2D eigenvalue weighted by Crippen LogP contribution is -2.48. The van der Waals surface area contributed by atoms with Gasteiger partial charge >= 0.3 is 0 Å². The van der Waals surface area contributed by atoms with Gasteiger partial charge in [0.2, 0.25) is 5.91 Å². The summed E-state index contributed by atoms with van der Waals surface area (Å²) in [7, 11) is 1.85. The molecule has 1 saturated heterocycles. The molecule has 2 atom stereocenters. The Balaban J connectivity index is 0.00000156. The second-order valence-electron chi connectivity index (χ2n) is 6.26. The Morgan fingerprint density at radius 1 is 1.44 bits per heavy atom. The maximum atomic E-state index is 12.6. The van der Waals surface area contributed by atoms with Gasteiger partial charge in [-0.05, 0) is 25.7 Å². The highest BCUT2D eigenvalue weighted by atomic mass is 35.5. The first-order chi connectivity index (χ1) is 11.1. The van der Waals surface area contributed by atoms with E-state index in [0.717, 1.165) is 31.4 Å². The molecule has 0 spiro atoms. The van der Waals surface area contributed by atoms with Gasteiger partial charge in [-0.1, -0.05) is 0 Å². The Morgan fingerprint density at radius 3 is 2.92 bits per heavy atom. The van der Waals surface area contributed by atoms with Crippen LogP contribution in [-0.4, -0.2) is 63.5 Å². The number of likely N-dealkylation sites (N-methyl/N-ethyl adjacent to an activating group) is 1. The maximum Gasteiger partial charge on any atom is 0.242 e. The van der Waals surface area contributed by atoms with E-state index in [-0.39, 0.29) is 43.3 Å². The molecule has 0 aromatic carbocycles. The average molecular weight is 390 g/mol. The molecule has 8 nitrogen and oxygen atoms in total. The molecule has 10 heteroatoms. The fourth-order valence-electron chi connectivity index (χ4n) is 3.09. The highest BCUT2D eigenvalue weighted by Crippen LogP contribution is 2.21. The van der Waals surface area contributed by atoms with Crippen molar-refractivity contribution in [2.24, 2.45) is 11.7 Å². The predicted octanol–water partition coefficient (Wildman–Crippen LogP) is 1.22. The van der Waals surface area contributed by atoms with E-state index in [0.29, 0.717) is 17.4 Å². The van der Waals surface area contributed by atoms with E-state index in [4.69, 9.17) is 5.73 Å². The summed E-state index contributed by atoms with van der Waals surface area (Å²) in [6.07, 6.45) is 5.15. The van der Waals surface area contributed by atoms with Crippen molar-refractivity contribution in [3.05, 3.63) is 12.7 Å². The first-order valence-corrected chi connectivity index (χ1v) is 7.95. The van der Waals surface area contributed by atoms with Gasteiger partial charge in [0.25, 0.3) is 0 Å². The van der Waals surface area contributed by atoms with Crippen LogP contribution in [0.4, 0.5) is 5.82 Å². The van der Waals surface area contributed by atoms with Crippen molar-refractivity contribution < 1.29 is 4.79 Å². The highest BCUT2D eigenvalue weighted by Gasteiger charge is 2.26. The highest BCUT2D eigenvalue weighted by molar-refractivity contribution is 5.87. The van der Waals surface area contributed by atoms with Crippen LogP contribution in [0.25, 0.3) is 11.2 Å². The molecule has 25 heavy (non-hydrogen) atoms. The van der Waals surface area contributed by atoms with E-state index in [1.165, 1.54) is 6.33 Å². The van der Waals surface area contributed by atoms with E-state index in [2.05, 4.69) is 19.9 Å². The topological polar surface area (TPSA) is 104 Å².